The van der Waals surface area contributed by atoms with Crippen molar-refractivity contribution in [3.05, 3.63) is 35.9 Å². The van der Waals surface area contributed by atoms with Gasteiger partial charge < -0.3 is 4.80 Å². The maximum absolute atomic E-state index is 10.8. The highest BCUT2D eigenvalue weighted by molar-refractivity contribution is 6.74. The van der Waals surface area contributed by atoms with Crippen LogP contribution in [0, 0.1) is 0 Å². The van der Waals surface area contributed by atoms with Gasteiger partial charge in [0, 0.05) is 0 Å². The highest BCUT2D eigenvalue weighted by atomic mass is 28.4. The highest BCUT2D eigenvalue weighted by Gasteiger charge is 2.38. The van der Waals surface area contributed by atoms with Crippen molar-refractivity contribution in [2.45, 2.75) is 44.8 Å². The third-order valence-electron chi connectivity index (χ3n) is 3.33. The van der Waals surface area contributed by atoms with Crippen LogP contribution in [0.1, 0.15) is 33.3 Å². The van der Waals surface area contributed by atoms with Crippen LogP contribution in [0.5, 0.6) is 0 Å². The monoisotopic (exact) mass is 222 g/mol. The van der Waals surface area contributed by atoms with Crippen LogP contribution < -0.4 is 0 Å². The molecule has 1 N–H and O–H groups in total. The molecular formula is C13H22OSi. The first-order chi connectivity index (χ1) is 6.97. The predicted octanol–water partition coefficient (Wildman–Crippen LogP) is 3.53. The Kier molecular flexibility index (Phi) is 4.11. The van der Waals surface area contributed by atoms with E-state index < -0.39 is 8.32 Å². The van der Waals surface area contributed by atoms with E-state index in [0.29, 0.717) is 11.1 Å². The molecule has 2 heteroatoms. The molecule has 0 spiro atoms. The molecular weight excluding hydrogens is 200 g/mol. The fraction of sp³-hybridized carbons (Fsp3) is 0.538. The molecule has 84 valence electrons. The summed E-state index contributed by atoms with van der Waals surface area (Å²) in [6.45, 7) is 8.59. The minimum Gasteiger partial charge on any atom is -0.431 e. The van der Waals surface area contributed by atoms with Crippen molar-refractivity contribution in [3.8, 4) is 0 Å². The highest BCUT2D eigenvalue weighted by Crippen LogP contribution is 2.32. The Bertz CT molecular complexity index is 285. The van der Waals surface area contributed by atoms with Gasteiger partial charge in [0.25, 0.3) is 0 Å². The van der Waals surface area contributed by atoms with Gasteiger partial charge in [0.15, 0.2) is 8.32 Å². The van der Waals surface area contributed by atoms with Crippen LogP contribution >= 0.6 is 0 Å². The summed E-state index contributed by atoms with van der Waals surface area (Å²) in [5.74, 6) is 0. The van der Waals surface area contributed by atoms with Crippen molar-refractivity contribution >= 4 is 8.32 Å². The van der Waals surface area contributed by atoms with Crippen LogP contribution in [0.4, 0.5) is 0 Å². The first-order valence-corrected chi connectivity index (χ1v) is 8.04. The standard InChI is InChI=1S/C13H22OSi/c1-11(2)15(14,12(3)4)10-13-8-6-5-7-9-13/h5-9,11-12,14H,10H2,1-4H3. The van der Waals surface area contributed by atoms with Gasteiger partial charge in [-0.15, -0.1) is 0 Å². The predicted molar refractivity (Wildman–Crippen MR) is 68.3 cm³/mol. The average Bonchev–Trinajstić information content (AvgIpc) is 2.18. The van der Waals surface area contributed by atoms with Crippen LogP contribution in [0.15, 0.2) is 30.3 Å². The smallest absolute Gasteiger partial charge is 0.197 e. The van der Waals surface area contributed by atoms with E-state index in [2.05, 4.69) is 39.8 Å². The molecule has 0 aliphatic heterocycles. The molecule has 0 saturated carbocycles. The fourth-order valence-corrected chi connectivity index (χ4v) is 5.04. The zero-order valence-corrected chi connectivity index (χ0v) is 11.2. The van der Waals surface area contributed by atoms with E-state index >= 15 is 0 Å². The Hall–Kier alpha value is -0.603. The quantitative estimate of drug-likeness (QED) is 0.773. The summed E-state index contributed by atoms with van der Waals surface area (Å²) in [5.41, 5.74) is 2.10. The lowest BCUT2D eigenvalue weighted by Gasteiger charge is -2.33. The Balaban J connectivity index is 2.85. The molecule has 1 aromatic rings. The molecule has 0 atom stereocenters. The summed E-state index contributed by atoms with van der Waals surface area (Å²) in [6.07, 6.45) is 0. The topological polar surface area (TPSA) is 20.2 Å². The Morgan fingerprint density at radius 1 is 1.00 bits per heavy atom. The fourth-order valence-electron chi connectivity index (χ4n) is 2.00. The van der Waals surface area contributed by atoms with Gasteiger partial charge in [0.1, 0.15) is 0 Å². The maximum Gasteiger partial charge on any atom is 0.197 e. The minimum absolute atomic E-state index is 0.415. The van der Waals surface area contributed by atoms with Gasteiger partial charge in [0.2, 0.25) is 0 Å². The van der Waals surface area contributed by atoms with Gasteiger partial charge in [-0.05, 0) is 22.7 Å². The van der Waals surface area contributed by atoms with Crippen molar-refractivity contribution in [1.82, 2.24) is 0 Å². The molecule has 0 amide bonds. The third kappa shape index (κ3) is 2.92. The molecule has 0 unspecified atom stereocenters. The first-order valence-electron chi connectivity index (χ1n) is 5.73. The van der Waals surface area contributed by atoms with Gasteiger partial charge in [-0.3, -0.25) is 0 Å². The average molecular weight is 222 g/mol. The van der Waals surface area contributed by atoms with Crippen LogP contribution in [-0.4, -0.2) is 13.1 Å². The van der Waals surface area contributed by atoms with Crippen molar-refractivity contribution in [1.29, 1.82) is 0 Å². The van der Waals surface area contributed by atoms with Gasteiger partial charge in [-0.1, -0.05) is 58.0 Å². The molecule has 0 aromatic heterocycles. The molecule has 15 heavy (non-hydrogen) atoms. The lowest BCUT2D eigenvalue weighted by molar-refractivity contribution is 0.490. The summed E-state index contributed by atoms with van der Waals surface area (Å²) < 4.78 is 0. The van der Waals surface area contributed by atoms with Gasteiger partial charge >= 0.3 is 0 Å². The minimum atomic E-state index is -2.14. The third-order valence-corrected chi connectivity index (χ3v) is 8.30. The number of rotatable bonds is 4. The van der Waals surface area contributed by atoms with Gasteiger partial charge in [-0.2, -0.15) is 0 Å². The lowest BCUT2D eigenvalue weighted by atomic mass is 10.2. The lowest BCUT2D eigenvalue weighted by Crippen LogP contribution is -2.44. The zero-order valence-electron chi connectivity index (χ0n) is 10.2. The summed E-state index contributed by atoms with van der Waals surface area (Å²) in [7, 11) is -2.14. The number of hydrogen-bond donors (Lipinski definition) is 1. The van der Waals surface area contributed by atoms with E-state index in [-0.39, 0.29) is 0 Å². The second-order valence-electron chi connectivity index (χ2n) is 4.96. The molecule has 1 nitrogen and oxygen atoms in total. The normalized spacial score (nSPS) is 12.5. The Labute approximate surface area is 94.3 Å². The molecule has 0 aliphatic rings. The molecule has 0 radical (unpaired) electrons. The molecule has 0 heterocycles. The van der Waals surface area contributed by atoms with Crippen LogP contribution in [-0.2, 0) is 6.04 Å². The van der Waals surface area contributed by atoms with Crippen LogP contribution in [0.25, 0.3) is 0 Å². The van der Waals surface area contributed by atoms with Gasteiger partial charge in [0.05, 0.1) is 0 Å². The Morgan fingerprint density at radius 3 is 1.87 bits per heavy atom. The van der Waals surface area contributed by atoms with Crippen molar-refractivity contribution in [2.75, 3.05) is 0 Å². The second kappa shape index (κ2) is 4.95. The van der Waals surface area contributed by atoms with E-state index in [0.717, 1.165) is 6.04 Å². The van der Waals surface area contributed by atoms with Crippen LogP contribution in [0.3, 0.4) is 0 Å². The number of hydrogen-bond acceptors (Lipinski definition) is 1. The van der Waals surface area contributed by atoms with E-state index in [1.54, 1.807) is 0 Å². The van der Waals surface area contributed by atoms with Crippen LogP contribution in [0.2, 0.25) is 11.1 Å². The van der Waals surface area contributed by atoms with E-state index in [1.807, 2.05) is 18.2 Å². The van der Waals surface area contributed by atoms with Crippen molar-refractivity contribution < 1.29 is 4.80 Å². The van der Waals surface area contributed by atoms with Gasteiger partial charge in [-0.25, -0.2) is 0 Å². The SMILES string of the molecule is CC(C)[Si](O)(Cc1ccccc1)C(C)C. The van der Waals surface area contributed by atoms with E-state index in [1.165, 1.54) is 5.56 Å². The van der Waals surface area contributed by atoms with E-state index in [4.69, 9.17) is 0 Å². The Morgan fingerprint density at radius 2 is 1.47 bits per heavy atom. The molecule has 0 fully saturated rings. The summed E-state index contributed by atoms with van der Waals surface area (Å²) >= 11 is 0. The number of benzene rings is 1. The summed E-state index contributed by atoms with van der Waals surface area (Å²) in [6, 6.07) is 11.2. The molecule has 0 saturated heterocycles. The molecule has 1 rings (SSSR count). The van der Waals surface area contributed by atoms with Crippen molar-refractivity contribution in [3.63, 3.8) is 0 Å². The molecule has 1 aromatic carbocycles. The first kappa shape index (κ1) is 12.5. The largest absolute Gasteiger partial charge is 0.431 e. The zero-order chi connectivity index (χ0) is 11.5. The van der Waals surface area contributed by atoms with Crippen molar-refractivity contribution in [2.24, 2.45) is 0 Å². The summed E-state index contributed by atoms with van der Waals surface area (Å²) in [4.78, 5) is 10.8. The molecule has 0 aliphatic carbocycles. The summed E-state index contributed by atoms with van der Waals surface area (Å²) in [5, 5.41) is 0. The second-order valence-corrected chi connectivity index (χ2v) is 9.61. The maximum atomic E-state index is 10.8. The van der Waals surface area contributed by atoms with E-state index in [9.17, 15) is 4.80 Å². The molecule has 0 bridgehead atoms.